The van der Waals surface area contributed by atoms with Crippen LogP contribution >= 0.6 is 0 Å². The Hall–Kier alpha value is -1.91. The molecule has 1 aromatic rings. The molecule has 1 amide bonds. The molecule has 0 saturated heterocycles. The van der Waals surface area contributed by atoms with Crippen LogP contribution < -0.4 is 5.32 Å². The topological polar surface area (TPSA) is 79.3 Å². The van der Waals surface area contributed by atoms with Gasteiger partial charge in [0.25, 0.3) is 5.91 Å². The number of aromatic nitrogens is 1. The van der Waals surface area contributed by atoms with Gasteiger partial charge in [-0.05, 0) is 37.8 Å². The molecule has 5 nitrogen and oxygen atoms in total. The summed E-state index contributed by atoms with van der Waals surface area (Å²) in [6.07, 6.45) is 2.62. The van der Waals surface area contributed by atoms with E-state index in [0.29, 0.717) is 12.3 Å². The van der Waals surface area contributed by atoms with Gasteiger partial charge in [-0.1, -0.05) is 19.9 Å². The number of carboxylic acids is 1. The first-order valence-corrected chi connectivity index (χ1v) is 6.32. The number of carboxylic acid groups (broad SMARTS) is 1. The van der Waals surface area contributed by atoms with Gasteiger partial charge in [0.15, 0.2) is 0 Å². The predicted octanol–water partition coefficient (Wildman–Crippen LogP) is 2.09. The fourth-order valence-electron chi connectivity index (χ4n) is 1.61. The number of carbonyl (C=O) groups excluding carboxylic acids is 1. The molecule has 104 valence electrons. The molecule has 0 aromatic carbocycles. The van der Waals surface area contributed by atoms with Crippen LogP contribution in [0.5, 0.6) is 0 Å². The number of amides is 1. The van der Waals surface area contributed by atoms with E-state index in [-0.39, 0.29) is 5.69 Å². The molecule has 1 unspecified atom stereocenters. The molecule has 5 heteroatoms. The zero-order valence-electron chi connectivity index (χ0n) is 11.5. The molecular weight excluding hydrogens is 244 g/mol. The predicted molar refractivity (Wildman–Crippen MR) is 71.8 cm³/mol. The maximum atomic E-state index is 12.0. The number of nitrogens with zero attached hydrogens (tertiary/aromatic N) is 1. The number of aliphatic carboxylic acids is 1. The van der Waals surface area contributed by atoms with E-state index in [0.717, 1.165) is 6.42 Å². The van der Waals surface area contributed by atoms with Crippen LogP contribution in [0.3, 0.4) is 0 Å². The second kappa shape index (κ2) is 6.31. The lowest BCUT2D eigenvalue weighted by molar-refractivity contribution is -0.144. The summed E-state index contributed by atoms with van der Waals surface area (Å²) in [6.45, 7) is 5.56. The summed E-state index contributed by atoms with van der Waals surface area (Å²) in [6, 6.07) is 4.94. The van der Waals surface area contributed by atoms with Crippen molar-refractivity contribution in [3.8, 4) is 0 Å². The zero-order chi connectivity index (χ0) is 14.5. The quantitative estimate of drug-likeness (QED) is 0.824. The van der Waals surface area contributed by atoms with Crippen LogP contribution in [0.25, 0.3) is 0 Å². The molecule has 0 fully saturated rings. The lowest BCUT2D eigenvalue weighted by Gasteiger charge is -2.26. The minimum absolute atomic E-state index is 0.222. The molecule has 1 rings (SSSR count). The van der Waals surface area contributed by atoms with Crippen molar-refractivity contribution in [2.75, 3.05) is 0 Å². The van der Waals surface area contributed by atoms with Crippen molar-refractivity contribution in [2.45, 2.75) is 39.2 Å². The largest absolute Gasteiger partial charge is 0.480 e. The van der Waals surface area contributed by atoms with Crippen LogP contribution in [0.15, 0.2) is 24.4 Å². The number of nitrogens with one attached hydrogen (secondary N) is 1. The van der Waals surface area contributed by atoms with Gasteiger partial charge in [0.2, 0.25) is 0 Å². The van der Waals surface area contributed by atoms with Gasteiger partial charge >= 0.3 is 5.97 Å². The first kappa shape index (κ1) is 15.1. The van der Waals surface area contributed by atoms with Gasteiger partial charge in [-0.15, -0.1) is 0 Å². The van der Waals surface area contributed by atoms with E-state index in [1.165, 1.54) is 13.1 Å². The van der Waals surface area contributed by atoms with Gasteiger partial charge in [-0.25, -0.2) is 4.79 Å². The summed E-state index contributed by atoms with van der Waals surface area (Å²) in [5.74, 6) is -1.11. The lowest BCUT2D eigenvalue weighted by atomic mass is 9.92. The highest BCUT2D eigenvalue weighted by Gasteiger charge is 2.35. The van der Waals surface area contributed by atoms with Gasteiger partial charge < -0.3 is 10.4 Å². The van der Waals surface area contributed by atoms with Crippen molar-refractivity contribution in [1.29, 1.82) is 0 Å². The molecule has 1 heterocycles. The van der Waals surface area contributed by atoms with Gasteiger partial charge in [-0.3, -0.25) is 9.78 Å². The Labute approximate surface area is 113 Å². The second-order valence-corrected chi connectivity index (χ2v) is 5.24. The van der Waals surface area contributed by atoms with E-state index in [2.05, 4.69) is 10.3 Å². The van der Waals surface area contributed by atoms with Gasteiger partial charge in [0.1, 0.15) is 11.2 Å². The monoisotopic (exact) mass is 264 g/mol. The summed E-state index contributed by atoms with van der Waals surface area (Å²) < 4.78 is 0. The Morgan fingerprint density at radius 2 is 2.11 bits per heavy atom. The average Bonchev–Trinajstić information content (AvgIpc) is 2.37. The van der Waals surface area contributed by atoms with Crippen LogP contribution in [0.4, 0.5) is 0 Å². The van der Waals surface area contributed by atoms with Crippen molar-refractivity contribution >= 4 is 11.9 Å². The molecule has 2 N–H and O–H groups in total. The summed E-state index contributed by atoms with van der Waals surface area (Å²) in [5.41, 5.74) is -1.04. The maximum absolute atomic E-state index is 12.0. The van der Waals surface area contributed by atoms with E-state index in [4.69, 9.17) is 0 Å². The third-order valence-corrected chi connectivity index (χ3v) is 2.98. The minimum Gasteiger partial charge on any atom is -0.480 e. The highest BCUT2D eigenvalue weighted by molar-refractivity contribution is 5.96. The summed E-state index contributed by atoms with van der Waals surface area (Å²) in [4.78, 5) is 27.3. The Kier molecular flexibility index (Phi) is 5.03. The molecule has 0 radical (unpaired) electrons. The Morgan fingerprint density at radius 1 is 1.42 bits per heavy atom. The van der Waals surface area contributed by atoms with E-state index >= 15 is 0 Å². The molecule has 1 aromatic heterocycles. The van der Waals surface area contributed by atoms with Crippen molar-refractivity contribution < 1.29 is 14.7 Å². The van der Waals surface area contributed by atoms with Crippen LogP contribution in [0.2, 0.25) is 0 Å². The van der Waals surface area contributed by atoms with Crippen molar-refractivity contribution in [2.24, 2.45) is 5.92 Å². The Morgan fingerprint density at radius 3 is 2.58 bits per heavy atom. The van der Waals surface area contributed by atoms with Gasteiger partial charge in [0.05, 0.1) is 0 Å². The van der Waals surface area contributed by atoms with Crippen molar-refractivity contribution in [3.63, 3.8) is 0 Å². The van der Waals surface area contributed by atoms with Crippen LogP contribution in [-0.2, 0) is 4.79 Å². The highest BCUT2D eigenvalue weighted by Crippen LogP contribution is 2.17. The fraction of sp³-hybridized carbons (Fsp3) is 0.500. The van der Waals surface area contributed by atoms with E-state index in [1.807, 2.05) is 13.8 Å². The molecule has 0 aliphatic carbocycles. The van der Waals surface area contributed by atoms with Crippen molar-refractivity contribution in [1.82, 2.24) is 10.3 Å². The maximum Gasteiger partial charge on any atom is 0.329 e. The molecule has 0 spiro atoms. The molecular formula is C14H20N2O3. The highest BCUT2D eigenvalue weighted by atomic mass is 16.4. The molecule has 0 aliphatic heterocycles. The number of rotatable bonds is 6. The molecule has 1 atom stereocenters. The number of carbonyl (C=O) groups is 2. The molecule has 19 heavy (non-hydrogen) atoms. The normalized spacial score (nSPS) is 13.9. The number of pyridine rings is 1. The number of hydrogen-bond acceptors (Lipinski definition) is 3. The smallest absolute Gasteiger partial charge is 0.329 e. The lowest BCUT2D eigenvalue weighted by Crippen LogP contribution is -2.52. The summed E-state index contributed by atoms with van der Waals surface area (Å²) in [7, 11) is 0. The Bertz CT molecular complexity index is 445. The summed E-state index contributed by atoms with van der Waals surface area (Å²) in [5, 5.41) is 11.9. The van der Waals surface area contributed by atoms with E-state index < -0.39 is 17.4 Å². The average molecular weight is 264 g/mol. The molecule has 0 saturated carbocycles. The third kappa shape index (κ3) is 4.35. The summed E-state index contributed by atoms with van der Waals surface area (Å²) >= 11 is 0. The Balaban J connectivity index is 2.79. The first-order chi connectivity index (χ1) is 8.85. The third-order valence-electron chi connectivity index (χ3n) is 2.98. The van der Waals surface area contributed by atoms with Crippen molar-refractivity contribution in [3.05, 3.63) is 30.1 Å². The van der Waals surface area contributed by atoms with Crippen LogP contribution in [-0.4, -0.2) is 27.5 Å². The van der Waals surface area contributed by atoms with E-state index in [9.17, 15) is 14.7 Å². The molecule has 0 bridgehead atoms. The van der Waals surface area contributed by atoms with Gasteiger partial charge in [-0.2, -0.15) is 0 Å². The SMILES string of the molecule is CC(C)CCC(C)(NC(=O)c1ccccn1)C(=O)O. The second-order valence-electron chi connectivity index (χ2n) is 5.24. The van der Waals surface area contributed by atoms with E-state index in [1.54, 1.807) is 18.2 Å². The zero-order valence-corrected chi connectivity index (χ0v) is 11.5. The minimum atomic E-state index is -1.27. The first-order valence-electron chi connectivity index (χ1n) is 6.32. The molecule has 0 aliphatic rings. The number of hydrogen-bond donors (Lipinski definition) is 2. The van der Waals surface area contributed by atoms with Gasteiger partial charge in [0, 0.05) is 6.20 Å². The van der Waals surface area contributed by atoms with Crippen LogP contribution in [0.1, 0.15) is 44.1 Å². The fourth-order valence-corrected chi connectivity index (χ4v) is 1.61. The standard InChI is InChI=1S/C14H20N2O3/c1-10(2)7-8-14(3,13(18)19)16-12(17)11-6-4-5-9-15-11/h4-6,9-10H,7-8H2,1-3H3,(H,16,17)(H,18,19). The van der Waals surface area contributed by atoms with Crippen LogP contribution in [0, 0.1) is 5.92 Å².